The standard InChI is InChI=1S/C21H32N2O3/c1-5-12-22(15-20(25)26)14-19(24)23-13-6-7-18(23)16-8-10-17(11-9-16)21(2,3)4/h8-11,18H,5-7,12-15H2,1-4H3,(H,25,26). The van der Waals surface area contributed by atoms with Crippen LogP contribution in [0.15, 0.2) is 24.3 Å². The second-order valence-corrected chi connectivity index (χ2v) is 8.22. The molecule has 0 radical (unpaired) electrons. The average Bonchev–Trinajstić information content (AvgIpc) is 3.03. The van der Waals surface area contributed by atoms with E-state index in [1.807, 2.05) is 11.8 Å². The van der Waals surface area contributed by atoms with E-state index < -0.39 is 5.97 Å². The van der Waals surface area contributed by atoms with Crippen LogP contribution in [0.5, 0.6) is 0 Å². The lowest BCUT2D eigenvalue weighted by molar-refractivity contribution is -0.140. The van der Waals surface area contributed by atoms with Crippen molar-refractivity contribution in [2.75, 3.05) is 26.2 Å². The van der Waals surface area contributed by atoms with Crippen molar-refractivity contribution < 1.29 is 14.7 Å². The Morgan fingerprint density at radius 1 is 1.19 bits per heavy atom. The van der Waals surface area contributed by atoms with Crippen LogP contribution in [0.2, 0.25) is 0 Å². The molecule has 0 spiro atoms. The van der Waals surface area contributed by atoms with Crippen LogP contribution >= 0.6 is 0 Å². The minimum absolute atomic E-state index is 0.0297. The molecule has 1 unspecified atom stereocenters. The van der Waals surface area contributed by atoms with Crippen molar-refractivity contribution in [3.05, 3.63) is 35.4 Å². The Kier molecular flexibility index (Phi) is 6.81. The lowest BCUT2D eigenvalue weighted by atomic mass is 9.86. The topological polar surface area (TPSA) is 60.9 Å². The maximum absolute atomic E-state index is 12.8. The Bertz CT molecular complexity index is 619. The summed E-state index contributed by atoms with van der Waals surface area (Å²) in [6.45, 7) is 10.0. The summed E-state index contributed by atoms with van der Waals surface area (Å²) in [5, 5.41) is 9.04. The zero-order chi connectivity index (χ0) is 19.3. The monoisotopic (exact) mass is 360 g/mol. The second kappa shape index (κ2) is 8.67. The predicted molar refractivity (Wildman–Crippen MR) is 103 cm³/mol. The van der Waals surface area contributed by atoms with E-state index in [1.54, 1.807) is 4.90 Å². The maximum atomic E-state index is 12.8. The van der Waals surface area contributed by atoms with Crippen molar-refractivity contribution in [3.63, 3.8) is 0 Å². The zero-order valence-electron chi connectivity index (χ0n) is 16.5. The Morgan fingerprint density at radius 2 is 1.85 bits per heavy atom. The summed E-state index contributed by atoms with van der Waals surface area (Å²) >= 11 is 0. The molecule has 0 bridgehead atoms. The van der Waals surface area contributed by atoms with Crippen LogP contribution in [-0.2, 0) is 15.0 Å². The molecule has 0 saturated carbocycles. The zero-order valence-corrected chi connectivity index (χ0v) is 16.5. The fourth-order valence-electron chi connectivity index (χ4n) is 3.62. The number of amides is 1. The molecule has 1 aromatic carbocycles. The van der Waals surface area contributed by atoms with Gasteiger partial charge in [-0.3, -0.25) is 14.5 Å². The van der Waals surface area contributed by atoms with Gasteiger partial charge in [-0.15, -0.1) is 0 Å². The smallest absolute Gasteiger partial charge is 0.317 e. The minimum Gasteiger partial charge on any atom is -0.480 e. The summed E-state index contributed by atoms with van der Waals surface area (Å²) in [5.74, 6) is -0.857. The first-order valence-corrected chi connectivity index (χ1v) is 9.56. The van der Waals surface area contributed by atoms with Crippen molar-refractivity contribution in [1.29, 1.82) is 0 Å². The number of likely N-dealkylation sites (tertiary alicyclic amines) is 1. The van der Waals surface area contributed by atoms with E-state index in [0.717, 1.165) is 25.8 Å². The third-order valence-electron chi connectivity index (χ3n) is 4.99. The molecule has 1 saturated heterocycles. The lowest BCUT2D eigenvalue weighted by Crippen LogP contribution is -2.42. The number of rotatable bonds is 7. The molecular weight excluding hydrogens is 328 g/mol. The van der Waals surface area contributed by atoms with E-state index in [1.165, 1.54) is 11.1 Å². The van der Waals surface area contributed by atoms with Gasteiger partial charge in [0, 0.05) is 6.54 Å². The van der Waals surface area contributed by atoms with Crippen LogP contribution < -0.4 is 0 Å². The fraction of sp³-hybridized carbons (Fsp3) is 0.619. The molecular formula is C21H32N2O3. The van der Waals surface area contributed by atoms with E-state index in [-0.39, 0.29) is 30.5 Å². The molecule has 1 N–H and O–H groups in total. The van der Waals surface area contributed by atoms with Gasteiger partial charge in [0.15, 0.2) is 0 Å². The molecule has 1 aromatic rings. The summed E-state index contributed by atoms with van der Waals surface area (Å²) in [6, 6.07) is 8.69. The normalized spacial score (nSPS) is 17.7. The Labute approximate surface area is 157 Å². The van der Waals surface area contributed by atoms with Gasteiger partial charge in [-0.2, -0.15) is 0 Å². The van der Waals surface area contributed by atoms with Crippen molar-refractivity contribution in [1.82, 2.24) is 9.80 Å². The van der Waals surface area contributed by atoms with Crippen LogP contribution in [0.4, 0.5) is 0 Å². The van der Waals surface area contributed by atoms with Gasteiger partial charge in [-0.1, -0.05) is 52.0 Å². The van der Waals surface area contributed by atoms with Crippen molar-refractivity contribution >= 4 is 11.9 Å². The number of carboxylic acid groups (broad SMARTS) is 1. The highest BCUT2D eigenvalue weighted by molar-refractivity contribution is 5.80. The molecule has 0 aliphatic carbocycles. The van der Waals surface area contributed by atoms with Gasteiger partial charge in [-0.25, -0.2) is 0 Å². The van der Waals surface area contributed by atoms with Crippen LogP contribution in [0.1, 0.15) is 64.1 Å². The number of carbonyl (C=O) groups excluding carboxylic acids is 1. The molecule has 1 heterocycles. The van der Waals surface area contributed by atoms with Gasteiger partial charge >= 0.3 is 5.97 Å². The summed E-state index contributed by atoms with van der Waals surface area (Å²) in [4.78, 5) is 27.5. The average molecular weight is 360 g/mol. The quantitative estimate of drug-likeness (QED) is 0.809. The van der Waals surface area contributed by atoms with Crippen molar-refractivity contribution in [2.24, 2.45) is 0 Å². The summed E-state index contributed by atoms with van der Waals surface area (Å²) < 4.78 is 0. The van der Waals surface area contributed by atoms with E-state index in [2.05, 4.69) is 45.0 Å². The molecule has 1 aliphatic heterocycles. The molecule has 1 aliphatic rings. The molecule has 2 rings (SSSR count). The highest BCUT2D eigenvalue weighted by atomic mass is 16.4. The minimum atomic E-state index is -0.887. The number of carboxylic acids is 1. The number of hydrogen-bond acceptors (Lipinski definition) is 3. The number of nitrogens with zero attached hydrogens (tertiary/aromatic N) is 2. The first-order valence-electron chi connectivity index (χ1n) is 9.56. The summed E-state index contributed by atoms with van der Waals surface area (Å²) in [5.41, 5.74) is 2.57. The van der Waals surface area contributed by atoms with Crippen LogP contribution in [0, 0.1) is 0 Å². The van der Waals surface area contributed by atoms with E-state index >= 15 is 0 Å². The maximum Gasteiger partial charge on any atom is 0.317 e. The molecule has 1 amide bonds. The van der Waals surface area contributed by atoms with Crippen LogP contribution in [-0.4, -0.2) is 53.0 Å². The molecule has 5 heteroatoms. The van der Waals surface area contributed by atoms with Crippen molar-refractivity contribution in [2.45, 2.75) is 58.4 Å². The van der Waals surface area contributed by atoms with Gasteiger partial charge in [0.25, 0.3) is 0 Å². The predicted octanol–water partition coefficient (Wildman–Crippen LogP) is 3.44. The number of hydrogen-bond donors (Lipinski definition) is 1. The third kappa shape index (κ3) is 5.31. The van der Waals surface area contributed by atoms with E-state index in [4.69, 9.17) is 5.11 Å². The SMILES string of the molecule is CCCN(CC(=O)O)CC(=O)N1CCCC1c1ccc(C(C)(C)C)cc1. The Morgan fingerprint density at radius 3 is 2.38 bits per heavy atom. The Hall–Kier alpha value is -1.88. The van der Waals surface area contributed by atoms with E-state index in [9.17, 15) is 9.59 Å². The number of carbonyl (C=O) groups is 2. The summed E-state index contributed by atoms with van der Waals surface area (Å²) in [7, 11) is 0. The van der Waals surface area contributed by atoms with Gasteiger partial charge in [0.1, 0.15) is 0 Å². The van der Waals surface area contributed by atoms with Gasteiger partial charge < -0.3 is 10.0 Å². The first kappa shape index (κ1) is 20.4. The van der Waals surface area contributed by atoms with Crippen LogP contribution in [0.3, 0.4) is 0 Å². The molecule has 1 fully saturated rings. The molecule has 26 heavy (non-hydrogen) atoms. The highest BCUT2D eigenvalue weighted by Crippen LogP contribution is 2.33. The van der Waals surface area contributed by atoms with Gasteiger partial charge in [0.05, 0.1) is 19.1 Å². The van der Waals surface area contributed by atoms with Gasteiger partial charge in [0.2, 0.25) is 5.91 Å². The highest BCUT2D eigenvalue weighted by Gasteiger charge is 2.31. The summed E-state index contributed by atoms with van der Waals surface area (Å²) in [6.07, 6.45) is 2.79. The first-order chi connectivity index (χ1) is 12.2. The lowest BCUT2D eigenvalue weighted by Gasteiger charge is -2.29. The molecule has 0 aromatic heterocycles. The van der Waals surface area contributed by atoms with Crippen LogP contribution in [0.25, 0.3) is 0 Å². The Balaban J connectivity index is 2.08. The third-order valence-corrected chi connectivity index (χ3v) is 4.99. The van der Waals surface area contributed by atoms with Gasteiger partial charge in [-0.05, 0) is 42.3 Å². The van der Waals surface area contributed by atoms with E-state index in [0.29, 0.717) is 6.54 Å². The second-order valence-electron chi connectivity index (χ2n) is 8.22. The molecule has 144 valence electrons. The van der Waals surface area contributed by atoms with Crippen molar-refractivity contribution in [3.8, 4) is 0 Å². The molecule has 5 nitrogen and oxygen atoms in total. The largest absolute Gasteiger partial charge is 0.480 e. The fourth-order valence-corrected chi connectivity index (χ4v) is 3.62. The number of aliphatic carboxylic acids is 1. The number of benzene rings is 1. The molecule has 1 atom stereocenters.